The zero-order valence-electron chi connectivity index (χ0n) is 18.4. The predicted octanol–water partition coefficient (Wildman–Crippen LogP) is 3.78. The fourth-order valence-corrected chi connectivity index (χ4v) is 4.08. The Hall–Kier alpha value is -2.63. The number of nitrogens with zero attached hydrogens (tertiary/aromatic N) is 2. The Morgan fingerprint density at radius 3 is 2.50 bits per heavy atom. The highest BCUT2D eigenvalue weighted by molar-refractivity contribution is 5.80. The van der Waals surface area contributed by atoms with E-state index in [1.165, 1.54) is 17.5 Å². The van der Waals surface area contributed by atoms with Gasteiger partial charge in [-0.15, -0.1) is 0 Å². The molecular formula is C24H33N3O3. The van der Waals surface area contributed by atoms with E-state index in [0.29, 0.717) is 13.0 Å². The van der Waals surface area contributed by atoms with Crippen molar-refractivity contribution in [2.45, 2.75) is 78.3 Å². The summed E-state index contributed by atoms with van der Waals surface area (Å²) in [5.74, 6) is -0.549. The third-order valence-corrected chi connectivity index (χ3v) is 5.90. The van der Waals surface area contributed by atoms with E-state index in [2.05, 4.69) is 41.6 Å². The van der Waals surface area contributed by atoms with Crippen LogP contribution in [-0.2, 0) is 27.3 Å². The molecule has 1 saturated carbocycles. The molecule has 2 aromatic rings. The number of nitrogens with one attached hydrogen (secondary N) is 1. The highest BCUT2D eigenvalue weighted by Gasteiger charge is 2.17. The zero-order chi connectivity index (χ0) is 21.5. The van der Waals surface area contributed by atoms with Crippen molar-refractivity contribution in [1.82, 2.24) is 15.1 Å². The Labute approximate surface area is 179 Å². The number of benzene rings is 1. The maximum Gasteiger partial charge on any atom is 0.306 e. The SMILES string of the molecule is Cc1ccc(Cn2nc(C)c(CCC(=O)OCC(=O)NC3CCCCC3)c2C)cc1. The summed E-state index contributed by atoms with van der Waals surface area (Å²) in [5, 5.41) is 7.61. The molecule has 6 heteroatoms. The van der Waals surface area contributed by atoms with Gasteiger partial charge in [0.1, 0.15) is 0 Å². The van der Waals surface area contributed by atoms with Gasteiger partial charge in [0.25, 0.3) is 5.91 Å². The molecule has 1 aromatic carbocycles. The van der Waals surface area contributed by atoms with Crippen molar-refractivity contribution in [3.63, 3.8) is 0 Å². The second kappa shape index (κ2) is 10.4. The molecule has 0 spiro atoms. The highest BCUT2D eigenvalue weighted by Crippen LogP contribution is 2.18. The second-order valence-corrected chi connectivity index (χ2v) is 8.36. The maximum atomic E-state index is 12.1. The van der Waals surface area contributed by atoms with Crippen LogP contribution in [0.25, 0.3) is 0 Å². The van der Waals surface area contributed by atoms with Crippen LogP contribution in [-0.4, -0.2) is 34.3 Å². The lowest BCUT2D eigenvalue weighted by Gasteiger charge is -2.22. The average molecular weight is 412 g/mol. The summed E-state index contributed by atoms with van der Waals surface area (Å²) in [6.45, 7) is 6.59. The van der Waals surface area contributed by atoms with Gasteiger partial charge < -0.3 is 10.1 Å². The van der Waals surface area contributed by atoms with Gasteiger partial charge in [0.2, 0.25) is 0 Å². The van der Waals surface area contributed by atoms with E-state index < -0.39 is 0 Å². The van der Waals surface area contributed by atoms with Gasteiger partial charge in [0, 0.05) is 18.2 Å². The van der Waals surface area contributed by atoms with Gasteiger partial charge in [-0.2, -0.15) is 5.10 Å². The first kappa shape index (κ1) is 22.1. The van der Waals surface area contributed by atoms with Gasteiger partial charge in [-0.3, -0.25) is 14.3 Å². The first-order chi connectivity index (χ1) is 14.4. The molecule has 1 aliphatic rings. The molecule has 0 saturated heterocycles. The number of carbonyl (C=O) groups excluding carboxylic acids is 2. The third-order valence-electron chi connectivity index (χ3n) is 5.90. The molecule has 0 radical (unpaired) electrons. The standard InChI is InChI=1S/C24H33N3O3/c1-17-9-11-20(12-10-17)15-27-19(3)22(18(2)26-27)13-14-24(29)30-16-23(28)25-21-7-5-4-6-8-21/h9-12,21H,4-8,13-16H2,1-3H3,(H,25,28). The molecule has 0 unspecified atom stereocenters. The lowest BCUT2D eigenvalue weighted by Crippen LogP contribution is -2.38. The summed E-state index contributed by atoms with van der Waals surface area (Å²) in [6, 6.07) is 8.65. The van der Waals surface area contributed by atoms with Crippen LogP contribution in [0, 0.1) is 20.8 Å². The second-order valence-electron chi connectivity index (χ2n) is 8.36. The Morgan fingerprint density at radius 2 is 1.80 bits per heavy atom. The van der Waals surface area contributed by atoms with Crippen LogP contribution >= 0.6 is 0 Å². The van der Waals surface area contributed by atoms with Gasteiger partial charge >= 0.3 is 5.97 Å². The van der Waals surface area contributed by atoms with Crippen molar-refractivity contribution < 1.29 is 14.3 Å². The number of hydrogen-bond donors (Lipinski definition) is 1. The molecule has 1 aliphatic carbocycles. The normalized spacial score (nSPS) is 14.5. The van der Waals surface area contributed by atoms with E-state index in [9.17, 15) is 9.59 Å². The van der Waals surface area contributed by atoms with E-state index in [0.717, 1.165) is 42.6 Å². The van der Waals surface area contributed by atoms with Crippen molar-refractivity contribution in [2.24, 2.45) is 0 Å². The Morgan fingerprint density at radius 1 is 1.10 bits per heavy atom. The van der Waals surface area contributed by atoms with Gasteiger partial charge in [-0.05, 0) is 51.2 Å². The van der Waals surface area contributed by atoms with Crippen molar-refractivity contribution in [3.8, 4) is 0 Å². The van der Waals surface area contributed by atoms with Gasteiger partial charge in [0.15, 0.2) is 6.61 Å². The topological polar surface area (TPSA) is 73.2 Å². The Balaban J connectivity index is 1.46. The minimum Gasteiger partial charge on any atom is -0.456 e. The third kappa shape index (κ3) is 6.18. The van der Waals surface area contributed by atoms with Crippen LogP contribution in [0.15, 0.2) is 24.3 Å². The van der Waals surface area contributed by atoms with Gasteiger partial charge in [-0.1, -0.05) is 49.1 Å². The number of esters is 1. The molecule has 0 bridgehead atoms. The fourth-order valence-electron chi connectivity index (χ4n) is 4.08. The summed E-state index contributed by atoms with van der Waals surface area (Å²) in [7, 11) is 0. The molecular weight excluding hydrogens is 378 g/mol. The molecule has 30 heavy (non-hydrogen) atoms. The lowest BCUT2D eigenvalue weighted by atomic mass is 9.95. The van der Waals surface area contributed by atoms with Crippen LogP contribution in [0.3, 0.4) is 0 Å². The van der Waals surface area contributed by atoms with E-state index >= 15 is 0 Å². The smallest absolute Gasteiger partial charge is 0.306 e. The minimum atomic E-state index is -0.348. The molecule has 1 amide bonds. The fraction of sp³-hybridized carbons (Fsp3) is 0.542. The maximum absolute atomic E-state index is 12.1. The van der Waals surface area contributed by atoms with E-state index in [1.54, 1.807) is 0 Å². The molecule has 3 rings (SSSR count). The lowest BCUT2D eigenvalue weighted by molar-refractivity contribution is -0.148. The molecule has 162 valence electrons. The first-order valence-electron chi connectivity index (χ1n) is 11.0. The van der Waals surface area contributed by atoms with Crippen LogP contribution in [0.4, 0.5) is 0 Å². The Kier molecular flexibility index (Phi) is 7.66. The van der Waals surface area contributed by atoms with Crippen molar-refractivity contribution in [2.75, 3.05) is 6.61 Å². The number of amides is 1. The first-order valence-corrected chi connectivity index (χ1v) is 11.0. The van der Waals surface area contributed by atoms with E-state index in [-0.39, 0.29) is 30.9 Å². The summed E-state index contributed by atoms with van der Waals surface area (Å²) in [4.78, 5) is 24.1. The zero-order valence-corrected chi connectivity index (χ0v) is 18.4. The summed E-state index contributed by atoms with van der Waals surface area (Å²) < 4.78 is 7.17. The van der Waals surface area contributed by atoms with Crippen molar-refractivity contribution in [1.29, 1.82) is 0 Å². The largest absolute Gasteiger partial charge is 0.456 e. The molecule has 0 atom stereocenters. The molecule has 6 nitrogen and oxygen atoms in total. The quantitative estimate of drug-likeness (QED) is 0.671. The van der Waals surface area contributed by atoms with Gasteiger partial charge in [0.05, 0.1) is 12.2 Å². The minimum absolute atomic E-state index is 0.194. The van der Waals surface area contributed by atoms with Crippen LogP contribution < -0.4 is 5.32 Å². The molecule has 1 heterocycles. The molecule has 1 aromatic heterocycles. The number of hydrogen-bond acceptors (Lipinski definition) is 4. The van der Waals surface area contributed by atoms with E-state index in [4.69, 9.17) is 4.74 Å². The average Bonchev–Trinajstić information content (AvgIpc) is 3.00. The Bertz CT molecular complexity index is 865. The molecule has 1 N–H and O–H groups in total. The van der Waals surface area contributed by atoms with Gasteiger partial charge in [-0.25, -0.2) is 0 Å². The summed E-state index contributed by atoms with van der Waals surface area (Å²) in [6.07, 6.45) is 6.39. The van der Waals surface area contributed by atoms with Crippen LogP contribution in [0.2, 0.25) is 0 Å². The monoisotopic (exact) mass is 411 g/mol. The number of aryl methyl sites for hydroxylation is 2. The van der Waals surface area contributed by atoms with E-state index in [1.807, 2.05) is 18.5 Å². The highest BCUT2D eigenvalue weighted by atomic mass is 16.5. The number of aromatic nitrogens is 2. The predicted molar refractivity (Wildman–Crippen MR) is 116 cm³/mol. The number of carbonyl (C=O) groups is 2. The van der Waals surface area contributed by atoms with Crippen molar-refractivity contribution >= 4 is 11.9 Å². The van der Waals surface area contributed by atoms with Crippen LogP contribution in [0.5, 0.6) is 0 Å². The summed E-state index contributed by atoms with van der Waals surface area (Å²) >= 11 is 0. The summed E-state index contributed by atoms with van der Waals surface area (Å²) in [5.41, 5.74) is 5.50. The number of rotatable bonds is 8. The molecule has 1 fully saturated rings. The van der Waals surface area contributed by atoms with Crippen LogP contribution in [0.1, 0.15) is 66.6 Å². The van der Waals surface area contributed by atoms with Crippen molar-refractivity contribution in [3.05, 3.63) is 52.3 Å². The molecule has 0 aliphatic heterocycles. The number of ether oxygens (including phenoxy) is 1.